The first-order valence-electron chi connectivity index (χ1n) is 6.51. The first-order chi connectivity index (χ1) is 8.72. The van der Waals surface area contributed by atoms with Gasteiger partial charge < -0.3 is 14.3 Å². The number of hydrogen-bond acceptors (Lipinski definition) is 3. The van der Waals surface area contributed by atoms with Crippen LogP contribution >= 0.6 is 0 Å². The zero-order valence-corrected chi connectivity index (χ0v) is 11.3. The molecule has 100 valence electrons. The second-order valence-electron chi connectivity index (χ2n) is 4.24. The minimum atomic E-state index is 0.228. The van der Waals surface area contributed by atoms with Crippen LogP contribution in [0.1, 0.15) is 32.3 Å². The van der Waals surface area contributed by atoms with Gasteiger partial charge in [0.05, 0.1) is 6.61 Å². The molecule has 0 amide bonds. The van der Waals surface area contributed by atoms with E-state index >= 15 is 0 Å². The Kier molecular flexibility index (Phi) is 7.11. The van der Waals surface area contributed by atoms with Crippen LogP contribution in [0.4, 0.5) is 0 Å². The number of carbonyl (C=O) groups is 1. The molecule has 3 heteroatoms. The number of hydrogen-bond donors (Lipinski definition) is 0. The van der Waals surface area contributed by atoms with Gasteiger partial charge in [-0.25, -0.2) is 0 Å². The molecule has 0 saturated heterocycles. The van der Waals surface area contributed by atoms with Crippen LogP contribution in [0.5, 0.6) is 5.75 Å². The van der Waals surface area contributed by atoms with Gasteiger partial charge in [0.2, 0.25) is 0 Å². The fraction of sp³-hybridized carbons (Fsp3) is 0.533. The minimum Gasteiger partial charge on any atom is -0.494 e. The van der Waals surface area contributed by atoms with Crippen LogP contribution in [-0.4, -0.2) is 25.6 Å². The number of benzene rings is 1. The number of ketones is 1. The summed E-state index contributed by atoms with van der Waals surface area (Å²) in [7, 11) is 0. The van der Waals surface area contributed by atoms with E-state index in [-0.39, 0.29) is 5.78 Å². The molecule has 0 atom stereocenters. The van der Waals surface area contributed by atoms with E-state index in [9.17, 15) is 4.79 Å². The van der Waals surface area contributed by atoms with Crippen LogP contribution in [0.2, 0.25) is 0 Å². The Labute approximate surface area is 109 Å². The van der Waals surface area contributed by atoms with Crippen molar-refractivity contribution in [1.82, 2.24) is 0 Å². The Morgan fingerprint density at radius 1 is 1.17 bits per heavy atom. The average Bonchev–Trinajstić information content (AvgIpc) is 2.37. The van der Waals surface area contributed by atoms with E-state index in [1.165, 1.54) is 5.56 Å². The van der Waals surface area contributed by atoms with Gasteiger partial charge in [-0.3, -0.25) is 0 Å². The van der Waals surface area contributed by atoms with E-state index in [4.69, 9.17) is 9.47 Å². The first kappa shape index (κ1) is 14.7. The summed E-state index contributed by atoms with van der Waals surface area (Å²) < 4.78 is 10.8. The van der Waals surface area contributed by atoms with Gasteiger partial charge in [0.1, 0.15) is 11.5 Å². The quantitative estimate of drug-likeness (QED) is 0.632. The molecule has 0 aromatic heterocycles. The zero-order chi connectivity index (χ0) is 13.2. The number of ether oxygens (including phenoxy) is 2. The van der Waals surface area contributed by atoms with Gasteiger partial charge in [-0.1, -0.05) is 12.1 Å². The molecule has 0 aliphatic carbocycles. The van der Waals surface area contributed by atoms with Crippen molar-refractivity contribution in [2.24, 2.45) is 0 Å². The Morgan fingerprint density at radius 3 is 2.50 bits per heavy atom. The normalized spacial score (nSPS) is 10.3. The van der Waals surface area contributed by atoms with Gasteiger partial charge in [0, 0.05) is 26.1 Å². The van der Waals surface area contributed by atoms with E-state index in [1.54, 1.807) is 6.92 Å². The van der Waals surface area contributed by atoms with Crippen LogP contribution in [0.15, 0.2) is 24.3 Å². The van der Waals surface area contributed by atoms with Gasteiger partial charge in [-0.15, -0.1) is 0 Å². The lowest BCUT2D eigenvalue weighted by Gasteiger charge is -2.07. The molecule has 0 radical (unpaired) electrons. The van der Waals surface area contributed by atoms with Crippen molar-refractivity contribution in [2.75, 3.05) is 19.8 Å². The predicted octanol–water partition coefficient (Wildman–Crippen LogP) is 3.01. The second kappa shape index (κ2) is 8.70. The number of carbonyl (C=O) groups excluding carboxylic acids is 1. The molecule has 1 aromatic rings. The summed E-state index contributed by atoms with van der Waals surface area (Å²) >= 11 is 0. The molecular weight excluding hydrogens is 228 g/mol. The van der Waals surface area contributed by atoms with Gasteiger partial charge in [0.25, 0.3) is 0 Å². The summed E-state index contributed by atoms with van der Waals surface area (Å²) in [6.07, 6.45) is 2.31. The van der Waals surface area contributed by atoms with Crippen molar-refractivity contribution in [3.63, 3.8) is 0 Å². The zero-order valence-electron chi connectivity index (χ0n) is 11.3. The lowest BCUT2D eigenvalue weighted by molar-refractivity contribution is -0.116. The molecule has 0 bridgehead atoms. The maximum absolute atomic E-state index is 10.9. The third-order valence-corrected chi connectivity index (χ3v) is 2.59. The average molecular weight is 250 g/mol. The Balaban J connectivity index is 2.25. The van der Waals surface area contributed by atoms with Crippen molar-refractivity contribution in [3.8, 4) is 5.75 Å². The molecule has 0 spiro atoms. The fourth-order valence-electron chi connectivity index (χ4n) is 1.57. The Morgan fingerprint density at radius 2 is 1.89 bits per heavy atom. The van der Waals surface area contributed by atoms with Crippen molar-refractivity contribution in [3.05, 3.63) is 29.8 Å². The lowest BCUT2D eigenvalue weighted by Crippen LogP contribution is -2.02. The van der Waals surface area contributed by atoms with Crippen molar-refractivity contribution in [2.45, 2.75) is 33.1 Å². The van der Waals surface area contributed by atoms with E-state index in [1.807, 2.05) is 31.2 Å². The van der Waals surface area contributed by atoms with E-state index < -0.39 is 0 Å². The predicted molar refractivity (Wildman–Crippen MR) is 72.0 cm³/mol. The molecule has 0 unspecified atom stereocenters. The SMILES string of the molecule is CCOCCCOc1ccc(CCC(C)=O)cc1. The summed E-state index contributed by atoms with van der Waals surface area (Å²) in [5.41, 5.74) is 1.17. The van der Waals surface area contributed by atoms with Gasteiger partial charge >= 0.3 is 0 Å². The Bertz CT molecular complexity index is 343. The monoisotopic (exact) mass is 250 g/mol. The summed E-state index contributed by atoms with van der Waals surface area (Å²) in [4.78, 5) is 10.9. The van der Waals surface area contributed by atoms with E-state index in [0.717, 1.165) is 31.8 Å². The third kappa shape index (κ3) is 6.40. The highest BCUT2D eigenvalue weighted by atomic mass is 16.5. The van der Waals surface area contributed by atoms with Crippen LogP contribution < -0.4 is 4.74 Å². The molecule has 0 saturated carbocycles. The van der Waals surface area contributed by atoms with E-state index in [2.05, 4.69) is 0 Å². The molecule has 0 heterocycles. The second-order valence-corrected chi connectivity index (χ2v) is 4.24. The summed E-state index contributed by atoms with van der Waals surface area (Å²) in [6.45, 7) is 5.78. The van der Waals surface area contributed by atoms with Gasteiger partial charge in [0.15, 0.2) is 0 Å². The molecule has 3 nitrogen and oxygen atoms in total. The molecule has 0 fully saturated rings. The molecule has 0 N–H and O–H groups in total. The van der Waals surface area contributed by atoms with Crippen molar-refractivity contribution < 1.29 is 14.3 Å². The number of rotatable bonds is 9. The minimum absolute atomic E-state index is 0.228. The topological polar surface area (TPSA) is 35.5 Å². The first-order valence-corrected chi connectivity index (χ1v) is 6.51. The number of Topliss-reactive ketones (excluding diaryl/α,β-unsaturated/α-hetero) is 1. The van der Waals surface area contributed by atoms with Crippen LogP contribution in [0.25, 0.3) is 0 Å². The van der Waals surface area contributed by atoms with Crippen molar-refractivity contribution in [1.29, 1.82) is 0 Å². The van der Waals surface area contributed by atoms with Crippen LogP contribution in [-0.2, 0) is 16.0 Å². The highest BCUT2D eigenvalue weighted by molar-refractivity contribution is 5.75. The van der Waals surface area contributed by atoms with Crippen molar-refractivity contribution >= 4 is 5.78 Å². The molecule has 1 aromatic carbocycles. The highest BCUT2D eigenvalue weighted by Gasteiger charge is 1.98. The summed E-state index contributed by atoms with van der Waals surface area (Å²) in [6, 6.07) is 7.94. The maximum Gasteiger partial charge on any atom is 0.130 e. The molecular formula is C15H22O3. The number of aryl methyl sites for hydroxylation is 1. The standard InChI is InChI=1S/C15H22O3/c1-3-17-11-4-12-18-15-9-7-14(8-10-15)6-5-13(2)16/h7-10H,3-6,11-12H2,1-2H3. The Hall–Kier alpha value is -1.35. The summed E-state index contributed by atoms with van der Waals surface area (Å²) in [5, 5.41) is 0. The summed E-state index contributed by atoms with van der Waals surface area (Å²) in [5.74, 6) is 1.10. The molecule has 0 aliphatic rings. The molecule has 18 heavy (non-hydrogen) atoms. The maximum atomic E-state index is 10.9. The fourth-order valence-corrected chi connectivity index (χ4v) is 1.57. The van der Waals surface area contributed by atoms with Gasteiger partial charge in [-0.2, -0.15) is 0 Å². The third-order valence-electron chi connectivity index (χ3n) is 2.59. The van der Waals surface area contributed by atoms with E-state index in [0.29, 0.717) is 13.0 Å². The lowest BCUT2D eigenvalue weighted by atomic mass is 10.1. The highest BCUT2D eigenvalue weighted by Crippen LogP contribution is 2.13. The van der Waals surface area contributed by atoms with Crippen LogP contribution in [0.3, 0.4) is 0 Å². The largest absolute Gasteiger partial charge is 0.494 e. The smallest absolute Gasteiger partial charge is 0.130 e. The molecule has 1 rings (SSSR count). The van der Waals surface area contributed by atoms with Gasteiger partial charge in [-0.05, 0) is 38.0 Å². The van der Waals surface area contributed by atoms with Crippen LogP contribution in [0, 0.1) is 0 Å². The molecule has 0 aliphatic heterocycles.